The summed E-state index contributed by atoms with van der Waals surface area (Å²) in [5.74, 6) is -0.631. The van der Waals surface area contributed by atoms with E-state index in [9.17, 15) is 0 Å². The maximum atomic E-state index is 15.8. The van der Waals surface area contributed by atoms with Gasteiger partial charge in [0.15, 0.2) is 0 Å². The number of halogens is 2. The molecule has 0 bridgehead atoms. The van der Waals surface area contributed by atoms with Gasteiger partial charge in [-0.15, -0.1) is 0 Å². The zero-order valence-electron chi connectivity index (χ0n) is 34.1. The molecule has 296 valence electrons. The van der Waals surface area contributed by atoms with Gasteiger partial charge in [-0.25, -0.2) is 8.78 Å². The van der Waals surface area contributed by atoms with Crippen LogP contribution in [0.25, 0.3) is 43.8 Å². The smallest absolute Gasteiger partial charge is 0.147 e. The Morgan fingerprint density at radius 1 is 0.484 bits per heavy atom. The first-order chi connectivity index (χ1) is 30.5. The molecule has 11 rings (SSSR count). The summed E-state index contributed by atoms with van der Waals surface area (Å²) in [6.45, 7) is 5.63. The van der Waals surface area contributed by atoms with E-state index in [1.54, 1.807) is 25.1 Å². The number of hydrogen-bond donors (Lipinski definition) is 0. The van der Waals surface area contributed by atoms with Gasteiger partial charge < -0.3 is 9.80 Å². The maximum absolute atomic E-state index is 15.8. The SMILES string of the molecule is C=C/C=C(\C(F)=C/C)N(c1ccccc1)c1ccc2cc3c(cc2c1)C1(c2ccccc2-c2ccccc21)c1cc2cc(N(c4ccccc4)c4ccccc4F)ccc2cc1-3. The summed E-state index contributed by atoms with van der Waals surface area (Å²) < 4.78 is 31.5. The largest absolute Gasteiger partial charge is 0.308 e. The quantitative estimate of drug-likeness (QED) is 0.141. The number of benzene rings is 9. The van der Waals surface area contributed by atoms with Gasteiger partial charge >= 0.3 is 0 Å². The van der Waals surface area contributed by atoms with Gasteiger partial charge in [-0.3, -0.25) is 0 Å². The average molecular weight is 803 g/mol. The normalized spacial score (nSPS) is 13.5. The third-order valence-electron chi connectivity index (χ3n) is 12.6. The summed E-state index contributed by atoms with van der Waals surface area (Å²) in [5, 5.41) is 4.29. The Bertz CT molecular complexity index is 3260. The van der Waals surface area contributed by atoms with Crippen LogP contribution in [0.1, 0.15) is 29.2 Å². The van der Waals surface area contributed by atoms with Crippen molar-refractivity contribution in [3.05, 3.63) is 259 Å². The van der Waals surface area contributed by atoms with Gasteiger partial charge in [0.25, 0.3) is 0 Å². The minimum absolute atomic E-state index is 0.291. The number of allylic oxidation sites excluding steroid dienone is 4. The second-order valence-electron chi connectivity index (χ2n) is 15.9. The zero-order chi connectivity index (χ0) is 42.0. The van der Waals surface area contributed by atoms with Gasteiger partial charge in [0, 0.05) is 22.7 Å². The maximum Gasteiger partial charge on any atom is 0.147 e. The number of rotatable bonds is 8. The van der Waals surface area contributed by atoms with Crippen LogP contribution >= 0.6 is 0 Å². The lowest BCUT2D eigenvalue weighted by Crippen LogP contribution is -2.25. The standard InChI is InChI=1S/C58H40F2N2/c1-3-17-56(54(59)4-2)61(42-18-7-5-8-19-42)44-30-28-38-34-48-49-35-39-29-31-45(62(43-20-9-6-10-21-43)57-27-16-15-26-55(57)60)33-41(39)37-53(49)58(52(48)36-40(38)32-44)50-24-13-11-22-46(50)47-23-12-14-25-51(47)58/h3-37H,1H2,2H3/b54-4+,56-17+. The number of para-hydroxylation sites is 3. The lowest BCUT2D eigenvalue weighted by atomic mass is 9.70. The molecule has 0 saturated carbocycles. The van der Waals surface area contributed by atoms with Gasteiger partial charge in [0.2, 0.25) is 0 Å². The molecule has 0 heterocycles. The second kappa shape index (κ2) is 14.7. The summed E-state index contributed by atoms with van der Waals surface area (Å²) in [4.78, 5) is 3.95. The zero-order valence-corrected chi connectivity index (χ0v) is 34.1. The van der Waals surface area contributed by atoms with E-state index < -0.39 is 5.41 Å². The van der Waals surface area contributed by atoms with E-state index in [0.717, 1.165) is 44.3 Å². The molecule has 9 aromatic carbocycles. The van der Waals surface area contributed by atoms with Crippen LogP contribution in [0.2, 0.25) is 0 Å². The van der Waals surface area contributed by atoms with E-state index in [1.807, 2.05) is 82.6 Å². The van der Waals surface area contributed by atoms with Crippen molar-refractivity contribution in [3.63, 3.8) is 0 Å². The highest BCUT2D eigenvalue weighted by molar-refractivity contribution is 6.04. The summed E-state index contributed by atoms with van der Waals surface area (Å²) in [7, 11) is 0. The van der Waals surface area contributed by atoms with Crippen LogP contribution < -0.4 is 9.80 Å². The fourth-order valence-corrected chi connectivity index (χ4v) is 10.0. The molecule has 0 fully saturated rings. The molecular formula is C58H40F2N2. The summed E-state index contributed by atoms with van der Waals surface area (Å²) in [5.41, 5.74) is 13.4. The van der Waals surface area contributed by atoms with Crippen molar-refractivity contribution in [1.29, 1.82) is 0 Å². The Kier molecular flexibility index (Phi) is 8.83. The van der Waals surface area contributed by atoms with Crippen molar-refractivity contribution in [2.75, 3.05) is 9.80 Å². The molecule has 0 saturated heterocycles. The lowest BCUT2D eigenvalue weighted by Gasteiger charge is -2.31. The molecule has 0 radical (unpaired) electrons. The Hall–Kier alpha value is -7.82. The molecule has 0 aromatic heterocycles. The van der Waals surface area contributed by atoms with Crippen molar-refractivity contribution in [1.82, 2.24) is 0 Å². The predicted molar refractivity (Wildman–Crippen MR) is 254 cm³/mol. The topological polar surface area (TPSA) is 6.48 Å². The molecule has 9 aromatic rings. The first kappa shape index (κ1) is 37.2. The summed E-state index contributed by atoms with van der Waals surface area (Å²) in [6, 6.07) is 66.7. The molecule has 0 atom stereocenters. The van der Waals surface area contributed by atoms with Crippen LogP contribution in [0.3, 0.4) is 0 Å². The van der Waals surface area contributed by atoms with Gasteiger partial charge in [0.1, 0.15) is 11.6 Å². The van der Waals surface area contributed by atoms with E-state index in [1.165, 1.54) is 56.6 Å². The van der Waals surface area contributed by atoms with E-state index in [0.29, 0.717) is 11.4 Å². The van der Waals surface area contributed by atoms with Crippen LogP contribution in [0.4, 0.5) is 37.2 Å². The molecule has 1 spiro atoms. The molecule has 0 N–H and O–H groups in total. The molecule has 2 aliphatic carbocycles. The first-order valence-corrected chi connectivity index (χ1v) is 21.0. The molecular weight excluding hydrogens is 763 g/mol. The number of hydrogen-bond acceptors (Lipinski definition) is 2. The highest BCUT2D eigenvalue weighted by atomic mass is 19.1. The molecule has 0 aliphatic heterocycles. The summed E-state index contributed by atoms with van der Waals surface area (Å²) >= 11 is 0. The van der Waals surface area contributed by atoms with Crippen molar-refractivity contribution in [2.45, 2.75) is 12.3 Å². The van der Waals surface area contributed by atoms with E-state index >= 15 is 8.78 Å². The third-order valence-corrected chi connectivity index (χ3v) is 12.6. The molecule has 0 unspecified atom stereocenters. The fraction of sp³-hybridized carbons (Fsp3) is 0.0345. The van der Waals surface area contributed by atoms with Gasteiger partial charge in [-0.2, -0.15) is 0 Å². The Morgan fingerprint density at radius 2 is 1.00 bits per heavy atom. The molecule has 0 amide bonds. The van der Waals surface area contributed by atoms with Crippen molar-refractivity contribution >= 4 is 50.0 Å². The van der Waals surface area contributed by atoms with Crippen molar-refractivity contribution in [3.8, 4) is 22.3 Å². The van der Waals surface area contributed by atoms with Crippen LogP contribution in [0, 0.1) is 5.82 Å². The molecule has 62 heavy (non-hydrogen) atoms. The minimum atomic E-state index is -0.624. The molecule has 2 nitrogen and oxygen atoms in total. The third kappa shape index (κ3) is 5.60. The van der Waals surface area contributed by atoms with Crippen LogP contribution in [-0.4, -0.2) is 0 Å². The number of nitrogens with zero attached hydrogens (tertiary/aromatic N) is 2. The Balaban J connectivity index is 1.17. The highest BCUT2D eigenvalue weighted by Crippen LogP contribution is 2.64. The summed E-state index contributed by atoms with van der Waals surface area (Å²) in [6.07, 6.45) is 4.84. The van der Waals surface area contributed by atoms with Crippen LogP contribution in [0.15, 0.2) is 230 Å². The van der Waals surface area contributed by atoms with E-state index in [4.69, 9.17) is 0 Å². The Labute approximate surface area is 360 Å². The predicted octanol–water partition coefficient (Wildman–Crippen LogP) is 16.0. The average Bonchev–Trinajstić information content (AvgIpc) is 3.77. The number of anilines is 5. The van der Waals surface area contributed by atoms with Crippen molar-refractivity contribution in [2.24, 2.45) is 0 Å². The molecule has 4 heteroatoms. The van der Waals surface area contributed by atoms with Gasteiger partial charge in [0.05, 0.1) is 16.8 Å². The lowest BCUT2D eigenvalue weighted by molar-refractivity contribution is 0.629. The first-order valence-electron chi connectivity index (χ1n) is 21.0. The van der Waals surface area contributed by atoms with Gasteiger partial charge in [-0.05, 0) is 170 Å². The monoisotopic (exact) mass is 802 g/mol. The van der Waals surface area contributed by atoms with Crippen molar-refractivity contribution < 1.29 is 8.78 Å². The highest BCUT2D eigenvalue weighted by Gasteiger charge is 2.51. The van der Waals surface area contributed by atoms with E-state index in [-0.39, 0.29) is 11.6 Å². The number of fused-ring (bicyclic) bond motifs is 12. The van der Waals surface area contributed by atoms with E-state index in [2.05, 4.69) is 116 Å². The molecule has 2 aliphatic rings. The van der Waals surface area contributed by atoms with Crippen LogP contribution in [-0.2, 0) is 5.41 Å². The Morgan fingerprint density at radius 3 is 1.58 bits per heavy atom. The van der Waals surface area contributed by atoms with Gasteiger partial charge in [-0.1, -0.05) is 122 Å². The fourth-order valence-electron chi connectivity index (χ4n) is 10.0. The van der Waals surface area contributed by atoms with Crippen LogP contribution in [0.5, 0.6) is 0 Å². The minimum Gasteiger partial charge on any atom is -0.308 e. The second-order valence-corrected chi connectivity index (χ2v) is 15.9.